The molecule has 6 nitrogen and oxygen atoms in total. The molecule has 6 heteroatoms. The van der Waals surface area contributed by atoms with Crippen molar-refractivity contribution in [2.24, 2.45) is 0 Å². The molecule has 1 atom stereocenters. The second kappa shape index (κ2) is 6.73. The Labute approximate surface area is 141 Å². The normalized spacial score (nSPS) is 18.6. The van der Waals surface area contributed by atoms with Gasteiger partial charge in [-0.3, -0.25) is 4.79 Å². The number of rotatable bonds is 4. The SMILES string of the molecule is Cc1nc([C@@H]2CN(C(=O)CC(C)(C)c3ccccc3)CCO2)no1. The van der Waals surface area contributed by atoms with Crippen LogP contribution in [0.15, 0.2) is 34.9 Å². The first-order valence-corrected chi connectivity index (χ1v) is 8.21. The summed E-state index contributed by atoms with van der Waals surface area (Å²) in [4.78, 5) is 18.8. The quantitative estimate of drug-likeness (QED) is 0.862. The number of amides is 1. The molecular weight excluding hydrogens is 306 g/mol. The van der Waals surface area contributed by atoms with Crippen molar-refractivity contribution in [1.29, 1.82) is 0 Å². The number of hydrogen-bond acceptors (Lipinski definition) is 5. The van der Waals surface area contributed by atoms with Gasteiger partial charge in [0.25, 0.3) is 0 Å². The first-order valence-electron chi connectivity index (χ1n) is 8.21. The van der Waals surface area contributed by atoms with Crippen LogP contribution in [0.4, 0.5) is 0 Å². The lowest BCUT2D eigenvalue weighted by Crippen LogP contribution is -2.44. The highest BCUT2D eigenvalue weighted by atomic mass is 16.5. The van der Waals surface area contributed by atoms with Crippen molar-refractivity contribution in [1.82, 2.24) is 15.0 Å². The Kier molecular flexibility index (Phi) is 4.66. The number of ether oxygens (including phenoxy) is 1. The minimum atomic E-state index is -0.319. The number of aromatic nitrogens is 2. The molecule has 1 fully saturated rings. The molecule has 0 radical (unpaired) electrons. The van der Waals surface area contributed by atoms with Gasteiger partial charge in [-0.1, -0.05) is 49.3 Å². The number of morpholine rings is 1. The number of benzene rings is 1. The average Bonchev–Trinajstić information content (AvgIpc) is 3.02. The lowest BCUT2D eigenvalue weighted by molar-refractivity contribution is -0.140. The summed E-state index contributed by atoms with van der Waals surface area (Å²) in [5, 5.41) is 3.91. The Balaban J connectivity index is 1.66. The zero-order chi connectivity index (χ0) is 17.2. The van der Waals surface area contributed by atoms with E-state index < -0.39 is 0 Å². The first-order chi connectivity index (χ1) is 11.5. The maximum atomic E-state index is 12.8. The van der Waals surface area contributed by atoms with Gasteiger partial charge >= 0.3 is 0 Å². The fourth-order valence-electron chi connectivity index (χ4n) is 2.96. The van der Waals surface area contributed by atoms with Crippen LogP contribution < -0.4 is 0 Å². The van der Waals surface area contributed by atoms with Crippen LogP contribution in [0.2, 0.25) is 0 Å². The standard InChI is InChI=1S/C18H23N3O3/c1-13-19-17(20-24-13)15-12-21(9-10-23-15)16(22)11-18(2,3)14-7-5-4-6-8-14/h4-8,15H,9-12H2,1-3H3/t15-/m0/s1. The van der Waals surface area contributed by atoms with Crippen molar-refractivity contribution in [2.75, 3.05) is 19.7 Å². The van der Waals surface area contributed by atoms with Crippen LogP contribution in [0.5, 0.6) is 0 Å². The van der Waals surface area contributed by atoms with Gasteiger partial charge in [0.2, 0.25) is 17.6 Å². The van der Waals surface area contributed by atoms with E-state index in [0.29, 0.717) is 37.8 Å². The second-order valence-corrected chi connectivity index (χ2v) is 6.80. The zero-order valence-electron chi connectivity index (χ0n) is 14.4. The third kappa shape index (κ3) is 3.64. The topological polar surface area (TPSA) is 68.5 Å². The Bertz CT molecular complexity index is 697. The monoisotopic (exact) mass is 329 g/mol. The summed E-state index contributed by atoms with van der Waals surface area (Å²) >= 11 is 0. The van der Waals surface area contributed by atoms with Crippen molar-refractivity contribution in [2.45, 2.75) is 38.7 Å². The molecule has 1 saturated heterocycles. The summed E-state index contributed by atoms with van der Waals surface area (Å²) < 4.78 is 10.7. The lowest BCUT2D eigenvalue weighted by Gasteiger charge is -2.34. The summed E-state index contributed by atoms with van der Waals surface area (Å²) in [6, 6.07) is 10.1. The maximum absolute atomic E-state index is 12.8. The van der Waals surface area contributed by atoms with Crippen LogP contribution in [0.1, 0.15) is 43.7 Å². The van der Waals surface area contributed by atoms with Gasteiger partial charge in [0.05, 0.1) is 13.2 Å². The first kappa shape index (κ1) is 16.6. The molecule has 24 heavy (non-hydrogen) atoms. The van der Waals surface area contributed by atoms with E-state index in [-0.39, 0.29) is 17.4 Å². The molecule has 0 aliphatic carbocycles. The molecule has 0 spiro atoms. The Morgan fingerprint density at radius 2 is 2.08 bits per heavy atom. The van der Waals surface area contributed by atoms with Gasteiger partial charge in [0.1, 0.15) is 6.10 Å². The molecule has 0 bridgehead atoms. The van der Waals surface area contributed by atoms with Crippen molar-refractivity contribution >= 4 is 5.91 Å². The highest BCUT2D eigenvalue weighted by Gasteiger charge is 2.32. The molecule has 2 aromatic rings. The van der Waals surface area contributed by atoms with Crippen molar-refractivity contribution in [3.8, 4) is 0 Å². The largest absolute Gasteiger partial charge is 0.366 e. The van der Waals surface area contributed by atoms with E-state index in [4.69, 9.17) is 9.26 Å². The van der Waals surface area contributed by atoms with Gasteiger partial charge in [-0.2, -0.15) is 4.98 Å². The van der Waals surface area contributed by atoms with E-state index in [1.54, 1.807) is 6.92 Å². The maximum Gasteiger partial charge on any atom is 0.223 e. The van der Waals surface area contributed by atoms with Crippen molar-refractivity contribution in [3.05, 3.63) is 47.6 Å². The molecule has 128 valence electrons. The van der Waals surface area contributed by atoms with E-state index in [9.17, 15) is 4.79 Å². The van der Waals surface area contributed by atoms with Crippen LogP contribution in [-0.2, 0) is 14.9 Å². The molecule has 0 N–H and O–H groups in total. The molecule has 3 rings (SSSR count). The lowest BCUT2D eigenvalue weighted by atomic mass is 9.81. The third-order valence-electron chi connectivity index (χ3n) is 4.40. The predicted molar refractivity (Wildman–Crippen MR) is 88.4 cm³/mol. The average molecular weight is 329 g/mol. The highest BCUT2D eigenvalue weighted by molar-refractivity contribution is 5.78. The molecule has 0 saturated carbocycles. The molecular formula is C18H23N3O3. The highest BCUT2D eigenvalue weighted by Crippen LogP contribution is 2.29. The predicted octanol–water partition coefficient (Wildman–Crippen LogP) is 2.65. The van der Waals surface area contributed by atoms with Crippen LogP contribution >= 0.6 is 0 Å². The van der Waals surface area contributed by atoms with Gasteiger partial charge < -0.3 is 14.2 Å². The van der Waals surface area contributed by atoms with E-state index in [1.165, 1.54) is 0 Å². The fraction of sp³-hybridized carbons (Fsp3) is 0.500. The minimum Gasteiger partial charge on any atom is -0.366 e. The number of nitrogens with zero attached hydrogens (tertiary/aromatic N) is 3. The number of aryl methyl sites for hydroxylation is 1. The van der Waals surface area contributed by atoms with Crippen LogP contribution in [-0.4, -0.2) is 40.6 Å². The van der Waals surface area contributed by atoms with E-state index >= 15 is 0 Å². The Morgan fingerprint density at radius 1 is 1.33 bits per heavy atom. The second-order valence-electron chi connectivity index (χ2n) is 6.80. The van der Waals surface area contributed by atoms with E-state index in [1.807, 2.05) is 23.1 Å². The zero-order valence-corrected chi connectivity index (χ0v) is 14.4. The third-order valence-corrected chi connectivity index (χ3v) is 4.40. The van der Waals surface area contributed by atoms with Gasteiger partial charge in [0, 0.05) is 19.9 Å². The molecule has 2 heterocycles. The summed E-state index contributed by atoms with van der Waals surface area (Å²) in [6.07, 6.45) is 0.134. The molecule has 1 aromatic carbocycles. The van der Waals surface area contributed by atoms with Gasteiger partial charge in [-0.15, -0.1) is 0 Å². The molecule has 0 unspecified atom stereocenters. The molecule has 1 amide bonds. The van der Waals surface area contributed by atoms with Crippen LogP contribution in [0.3, 0.4) is 0 Å². The van der Waals surface area contributed by atoms with Gasteiger partial charge in [-0.25, -0.2) is 0 Å². The summed E-state index contributed by atoms with van der Waals surface area (Å²) in [7, 11) is 0. The summed E-state index contributed by atoms with van der Waals surface area (Å²) in [5.41, 5.74) is 0.950. The molecule has 1 aliphatic rings. The van der Waals surface area contributed by atoms with E-state index in [2.05, 4.69) is 36.1 Å². The van der Waals surface area contributed by atoms with Crippen LogP contribution in [0, 0.1) is 6.92 Å². The number of carbonyl (C=O) groups excluding carboxylic acids is 1. The molecule has 1 aliphatic heterocycles. The fourth-order valence-corrected chi connectivity index (χ4v) is 2.96. The summed E-state index contributed by atoms with van der Waals surface area (Å²) in [6.45, 7) is 7.47. The summed E-state index contributed by atoms with van der Waals surface area (Å²) in [5.74, 6) is 1.13. The van der Waals surface area contributed by atoms with Crippen LogP contribution in [0.25, 0.3) is 0 Å². The van der Waals surface area contributed by atoms with Crippen molar-refractivity contribution < 1.29 is 14.1 Å². The Morgan fingerprint density at radius 3 is 2.75 bits per heavy atom. The van der Waals surface area contributed by atoms with Gasteiger partial charge in [0.15, 0.2) is 0 Å². The van der Waals surface area contributed by atoms with Crippen molar-refractivity contribution in [3.63, 3.8) is 0 Å². The minimum absolute atomic E-state index is 0.123. The molecule has 1 aromatic heterocycles. The number of hydrogen-bond donors (Lipinski definition) is 0. The Hall–Kier alpha value is -2.21. The number of carbonyl (C=O) groups is 1. The smallest absolute Gasteiger partial charge is 0.223 e. The van der Waals surface area contributed by atoms with E-state index in [0.717, 1.165) is 5.56 Å². The van der Waals surface area contributed by atoms with Gasteiger partial charge in [-0.05, 0) is 11.0 Å².